The molecule has 1 fully saturated rings. The Hall–Kier alpha value is -2.05. The third-order valence-corrected chi connectivity index (χ3v) is 4.42. The van der Waals surface area contributed by atoms with E-state index in [9.17, 15) is 14.0 Å². The second-order valence-corrected chi connectivity index (χ2v) is 6.28. The molecule has 2 aromatic rings. The van der Waals surface area contributed by atoms with Crippen molar-refractivity contribution < 1.29 is 14.0 Å². The van der Waals surface area contributed by atoms with E-state index >= 15 is 0 Å². The maximum Gasteiger partial charge on any atom is 0.270 e. The molecule has 0 saturated carbocycles. The lowest BCUT2D eigenvalue weighted by Crippen LogP contribution is -2.50. The molecule has 0 bridgehead atoms. The van der Waals surface area contributed by atoms with Gasteiger partial charge in [-0.05, 0) is 24.3 Å². The lowest BCUT2D eigenvalue weighted by atomic mass is 10.1. The molecule has 0 spiro atoms. The minimum Gasteiger partial charge on any atom is -0.356 e. The number of aromatic amines is 1. The Morgan fingerprint density at radius 3 is 2.17 bits per heavy atom. The highest BCUT2D eigenvalue weighted by Gasteiger charge is 2.27. The fourth-order valence-electron chi connectivity index (χ4n) is 2.61. The standard InChI is InChI=1S/C16H14Cl2FN3O2/c17-10-7-14(20-9-10)16(24)22-5-3-21(4-6-22)15(23)12-2-1-11(19)8-13(12)18/h1-2,7-9,20H,3-6H2. The molecule has 0 aliphatic carbocycles. The number of amides is 2. The van der Waals surface area contributed by atoms with Gasteiger partial charge in [0.25, 0.3) is 11.8 Å². The van der Waals surface area contributed by atoms with Crippen LogP contribution in [0.3, 0.4) is 0 Å². The van der Waals surface area contributed by atoms with E-state index in [-0.39, 0.29) is 22.4 Å². The number of piperazine rings is 1. The highest BCUT2D eigenvalue weighted by molar-refractivity contribution is 6.33. The van der Waals surface area contributed by atoms with Gasteiger partial charge in [-0.2, -0.15) is 0 Å². The summed E-state index contributed by atoms with van der Waals surface area (Å²) in [6.07, 6.45) is 1.55. The molecule has 2 heterocycles. The Morgan fingerprint density at radius 1 is 1.00 bits per heavy atom. The van der Waals surface area contributed by atoms with Gasteiger partial charge in [0.15, 0.2) is 0 Å². The fourth-order valence-corrected chi connectivity index (χ4v) is 3.02. The van der Waals surface area contributed by atoms with Gasteiger partial charge in [0.05, 0.1) is 15.6 Å². The number of rotatable bonds is 2. The van der Waals surface area contributed by atoms with Crippen LogP contribution in [0.5, 0.6) is 0 Å². The SMILES string of the molecule is O=C(c1cc(Cl)c[nH]1)N1CCN(C(=O)c2ccc(F)cc2Cl)CC1. The summed E-state index contributed by atoms with van der Waals surface area (Å²) in [5.41, 5.74) is 0.676. The van der Waals surface area contributed by atoms with Crippen LogP contribution < -0.4 is 0 Å². The third-order valence-electron chi connectivity index (χ3n) is 3.89. The number of nitrogens with zero attached hydrogens (tertiary/aromatic N) is 2. The van der Waals surface area contributed by atoms with E-state index in [4.69, 9.17) is 23.2 Å². The normalized spacial score (nSPS) is 14.8. The first-order valence-electron chi connectivity index (χ1n) is 7.33. The zero-order valence-corrected chi connectivity index (χ0v) is 14.1. The first-order valence-corrected chi connectivity index (χ1v) is 8.09. The Labute approximate surface area is 147 Å². The van der Waals surface area contributed by atoms with Crippen molar-refractivity contribution in [1.82, 2.24) is 14.8 Å². The molecule has 0 radical (unpaired) electrons. The summed E-state index contributed by atoms with van der Waals surface area (Å²) in [7, 11) is 0. The van der Waals surface area contributed by atoms with Crippen molar-refractivity contribution in [2.24, 2.45) is 0 Å². The Kier molecular flexibility index (Phi) is 4.78. The predicted octanol–water partition coefficient (Wildman–Crippen LogP) is 3.06. The van der Waals surface area contributed by atoms with E-state index in [0.29, 0.717) is 36.9 Å². The molecule has 1 aliphatic rings. The average Bonchev–Trinajstić information content (AvgIpc) is 3.00. The number of hydrogen-bond donors (Lipinski definition) is 1. The van der Waals surface area contributed by atoms with Crippen molar-refractivity contribution in [2.75, 3.05) is 26.2 Å². The van der Waals surface area contributed by atoms with E-state index in [1.807, 2.05) is 0 Å². The average molecular weight is 370 g/mol. The first kappa shape index (κ1) is 16.8. The van der Waals surface area contributed by atoms with E-state index < -0.39 is 5.82 Å². The van der Waals surface area contributed by atoms with Gasteiger partial charge in [0.1, 0.15) is 11.5 Å². The summed E-state index contributed by atoms with van der Waals surface area (Å²) >= 11 is 11.7. The van der Waals surface area contributed by atoms with Crippen LogP contribution in [-0.4, -0.2) is 52.8 Å². The number of halogens is 3. The van der Waals surface area contributed by atoms with Crippen molar-refractivity contribution in [3.05, 3.63) is 57.6 Å². The number of aromatic nitrogens is 1. The Morgan fingerprint density at radius 2 is 1.62 bits per heavy atom. The summed E-state index contributed by atoms with van der Waals surface area (Å²) in [5.74, 6) is -0.916. The van der Waals surface area contributed by atoms with E-state index in [2.05, 4.69) is 4.98 Å². The minimum atomic E-state index is -0.489. The number of benzene rings is 1. The first-order chi connectivity index (χ1) is 11.5. The van der Waals surface area contributed by atoms with Gasteiger partial charge in [-0.3, -0.25) is 9.59 Å². The number of carbonyl (C=O) groups is 2. The molecular weight excluding hydrogens is 356 g/mol. The van der Waals surface area contributed by atoms with Gasteiger partial charge in [-0.15, -0.1) is 0 Å². The smallest absolute Gasteiger partial charge is 0.270 e. The predicted molar refractivity (Wildman–Crippen MR) is 89.0 cm³/mol. The van der Waals surface area contributed by atoms with Gasteiger partial charge in [0, 0.05) is 32.4 Å². The third kappa shape index (κ3) is 3.39. The van der Waals surface area contributed by atoms with Crippen LogP contribution in [-0.2, 0) is 0 Å². The number of carbonyl (C=O) groups excluding carboxylic acids is 2. The molecular formula is C16H14Cl2FN3O2. The number of hydrogen-bond acceptors (Lipinski definition) is 2. The van der Waals surface area contributed by atoms with Gasteiger partial charge in [-0.25, -0.2) is 4.39 Å². The molecule has 24 heavy (non-hydrogen) atoms. The lowest BCUT2D eigenvalue weighted by molar-refractivity contribution is 0.0532. The van der Waals surface area contributed by atoms with Gasteiger partial charge < -0.3 is 14.8 Å². The summed E-state index contributed by atoms with van der Waals surface area (Å²) in [6.45, 7) is 1.57. The van der Waals surface area contributed by atoms with Crippen LogP contribution in [0.25, 0.3) is 0 Å². The van der Waals surface area contributed by atoms with Crippen LogP contribution in [0.2, 0.25) is 10.0 Å². The minimum absolute atomic E-state index is 0.0829. The van der Waals surface area contributed by atoms with Gasteiger partial charge >= 0.3 is 0 Å². The lowest BCUT2D eigenvalue weighted by Gasteiger charge is -2.34. The van der Waals surface area contributed by atoms with Crippen molar-refractivity contribution in [3.8, 4) is 0 Å². The van der Waals surface area contributed by atoms with Crippen LogP contribution in [0.4, 0.5) is 4.39 Å². The number of nitrogens with one attached hydrogen (secondary N) is 1. The quantitative estimate of drug-likeness (QED) is 0.884. The molecule has 0 unspecified atom stereocenters. The Balaban J connectivity index is 1.64. The molecule has 1 aliphatic heterocycles. The van der Waals surface area contributed by atoms with Crippen molar-refractivity contribution in [1.29, 1.82) is 0 Å². The monoisotopic (exact) mass is 369 g/mol. The topological polar surface area (TPSA) is 56.4 Å². The summed E-state index contributed by atoms with van der Waals surface area (Å²) < 4.78 is 13.1. The molecule has 1 aromatic heterocycles. The van der Waals surface area contributed by atoms with Crippen LogP contribution in [0.15, 0.2) is 30.5 Å². The molecule has 8 heteroatoms. The molecule has 5 nitrogen and oxygen atoms in total. The second kappa shape index (κ2) is 6.83. The zero-order chi connectivity index (χ0) is 17.3. The highest BCUT2D eigenvalue weighted by atomic mass is 35.5. The zero-order valence-electron chi connectivity index (χ0n) is 12.6. The van der Waals surface area contributed by atoms with Crippen molar-refractivity contribution >= 4 is 35.0 Å². The van der Waals surface area contributed by atoms with E-state index in [1.54, 1.807) is 22.1 Å². The second-order valence-electron chi connectivity index (χ2n) is 5.44. The van der Waals surface area contributed by atoms with Crippen LogP contribution >= 0.6 is 23.2 Å². The van der Waals surface area contributed by atoms with Crippen LogP contribution in [0.1, 0.15) is 20.8 Å². The Bertz CT molecular complexity index is 785. The maximum absolute atomic E-state index is 13.1. The highest BCUT2D eigenvalue weighted by Crippen LogP contribution is 2.20. The van der Waals surface area contributed by atoms with E-state index in [0.717, 1.165) is 6.07 Å². The van der Waals surface area contributed by atoms with Crippen molar-refractivity contribution in [2.45, 2.75) is 0 Å². The summed E-state index contributed by atoms with van der Waals surface area (Å²) in [5, 5.41) is 0.553. The molecule has 3 rings (SSSR count). The van der Waals surface area contributed by atoms with Crippen LogP contribution in [0, 0.1) is 5.82 Å². The fraction of sp³-hybridized carbons (Fsp3) is 0.250. The largest absolute Gasteiger partial charge is 0.356 e. The molecule has 0 atom stereocenters. The van der Waals surface area contributed by atoms with E-state index in [1.165, 1.54) is 12.1 Å². The van der Waals surface area contributed by atoms with Crippen molar-refractivity contribution in [3.63, 3.8) is 0 Å². The molecule has 1 N–H and O–H groups in total. The number of H-pyrrole nitrogens is 1. The molecule has 126 valence electrons. The molecule has 1 saturated heterocycles. The maximum atomic E-state index is 13.1. The van der Waals surface area contributed by atoms with Gasteiger partial charge in [-0.1, -0.05) is 23.2 Å². The molecule has 2 amide bonds. The van der Waals surface area contributed by atoms with Gasteiger partial charge in [0.2, 0.25) is 0 Å². The summed E-state index contributed by atoms with van der Waals surface area (Å²) in [4.78, 5) is 30.9. The molecule has 1 aromatic carbocycles. The summed E-state index contributed by atoms with van der Waals surface area (Å²) in [6, 6.07) is 5.26.